The lowest BCUT2D eigenvalue weighted by atomic mass is 10.1. The molecule has 7 nitrogen and oxygen atoms in total. The average Bonchev–Trinajstić information content (AvgIpc) is 2.50. The van der Waals surface area contributed by atoms with Crippen LogP contribution in [-0.2, 0) is 21.3 Å². The molecule has 0 bridgehead atoms. The molecule has 1 unspecified atom stereocenters. The molecule has 23 heavy (non-hydrogen) atoms. The molecule has 0 aromatic heterocycles. The fourth-order valence-electron chi connectivity index (χ4n) is 2.15. The maximum absolute atomic E-state index is 12.5. The van der Waals surface area contributed by atoms with Gasteiger partial charge < -0.3 is 4.74 Å². The Hall–Kier alpha value is -1.60. The number of ether oxygens (including phenoxy) is 1. The van der Waals surface area contributed by atoms with Crippen LogP contribution in [0.15, 0.2) is 34.3 Å². The third-order valence-corrected chi connectivity index (χ3v) is 4.69. The highest BCUT2D eigenvalue weighted by Crippen LogP contribution is 2.14. The SMILES string of the molecule is CCOCC(CC(C)C)NS(=O)(=O)c1ccc(CN=[N+]=[N-])cc1. The van der Waals surface area contributed by atoms with Crippen molar-refractivity contribution < 1.29 is 13.2 Å². The van der Waals surface area contributed by atoms with Gasteiger partial charge in [0, 0.05) is 17.6 Å². The minimum absolute atomic E-state index is 0.187. The normalized spacial score (nSPS) is 12.9. The van der Waals surface area contributed by atoms with Gasteiger partial charge in [-0.25, -0.2) is 13.1 Å². The van der Waals surface area contributed by atoms with E-state index in [1.807, 2.05) is 20.8 Å². The highest BCUT2D eigenvalue weighted by atomic mass is 32.2. The molecule has 1 aromatic rings. The van der Waals surface area contributed by atoms with Gasteiger partial charge in [-0.3, -0.25) is 0 Å². The van der Waals surface area contributed by atoms with Gasteiger partial charge >= 0.3 is 0 Å². The Morgan fingerprint density at radius 2 is 1.96 bits per heavy atom. The molecular formula is C15H24N4O3S. The molecule has 1 aromatic carbocycles. The first-order valence-corrected chi connectivity index (χ1v) is 9.07. The summed E-state index contributed by atoms with van der Waals surface area (Å²) in [7, 11) is -3.61. The largest absolute Gasteiger partial charge is 0.380 e. The first-order chi connectivity index (χ1) is 10.9. The second kappa shape index (κ2) is 9.52. The van der Waals surface area contributed by atoms with Crippen molar-refractivity contribution in [3.8, 4) is 0 Å². The van der Waals surface area contributed by atoms with E-state index in [1.165, 1.54) is 12.1 Å². The molecule has 0 aliphatic carbocycles. The maximum atomic E-state index is 12.5. The van der Waals surface area contributed by atoms with E-state index in [4.69, 9.17) is 10.3 Å². The lowest BCUT2D eigenvalue weighted by Gasteiger charge is -2.20. The van der Waals surface area contributed by atoms with Gasteiger partial charge in [-0.15, -0.1) is 0 Å². The number of benzene rings is 1. The van der Waals surface area contributed by atoms with Crippen molar-refractivity contribution in [3.63, 3.8) is 0 Å². The predicted molar refractivity (Wildman–Crippen MR) is 89.3 cm³/mol. The fraction of sp³-hybridized carbons (Fsp3) is 0.600. The number of hydrogen-bond acceptors (Lipinski definition) is 4. The number of rotatable bonds is 10. The van der Waals surface area contributed by atoms with E-state index in [-0.39, 0.29) is 17.5 Å². The molecule has 0 aliphatic rings. The molecule has 0 spiro atoms. The van der Waals surface area contributed by atoms with Crippen molar-refractivity contribution in [1.82, 2.24) is 4.72 Å². The van der Waals surface area contributed by atoms with Gasteiger partial charge in [0.25, 0.3) is 0 Å². The van der Waals surface area contributed by atoms with Gasteiger partial charge in [-0.1, -0.05) is 31.1 Å². The summed E-state index contributed by atoms with van der Waals surface area (Å²) in [5, 5.41) is 3.45. The second-order valence-corrected chi connectivity index (χ2v) is 7.35. The molecule has 0 heterocycles. The van der Waals surface area contributed by atoms with E-state index >= 15 is 0 Å². The summed E-state index contributed by atoms with van der Waals surface area (Å²) in [6, 6.07) is 6.05. The number of sulfonamides is 1. The van der Waals surface area contributed by atoms with E-state index in [0.717, 1.165) is 5.56 Å². The number of nitrogens with one attached hydrogen (secondary N) is 1. The molecular weight excluding hydrogens is 316 g/mol. The smallest absolute Gasteiger partial charge is 0.240 e. The topological polar surface area (TPSA) is 104 Å². The zero-order valence-corrected chi connectivity index (χ0v) is 14.6. The van der Waals surface area contributed by atoms with Crippen LogP contribution >= 0.6 is 0 Å². The monoisotopic (exact) mass is 340 g/mol. The number of nitrogens with zero attached hydrogens (tertiary/aromatic N) is 3. The molecule has 0 amide bonds. The minimum atomic E-state index is -3.61. The molecule has 0 aliphatic heterocycles. The van der Waals surface area contributed by atoms with Crippen molar-refractivity contribution in [3.05, 3.63) is 40.3 Å². The highest BCUT2D eigenvalue weighted by Gasteiger charge is 2.21. The highest BCUT2D eigenvalue weighted by molar-refractivity contribution is 7.89. The fourth-order valence-corrected chi connectivity index (χ4v) is 3.39. The van der Waals surface area contributed by atoms with Gasteiger partial charge in [0.1, 0.15) is 0 Å². The van der Waals surface area contributed by atoms with E-state index < -0.39 is 10.0 Å². The van der Waals surface area contributed by atoms with Crippen LogP contribution in [0.4, 0.5) is 0 Å². The Labute approximate surface area is 137 Å². The zero-order chi connectivity index (χ0) is 17.3. The lowest BCUT2D eigenvalue weighted by molar-refractivity contribution is 0.122. The van der Waals surface area contributed by atoms with Crippen LogP contribution in [0.25, 0.3) is 10.4 Å². The third-order valence-electron chi connectivity index (χ3n) is 3.15. The van der Waals surface area contributed by atoms with Crippen molar-refractivity contribution >= 4 is 10.0 Å². The molecule has 1 N–H and O–H groups in total. The van der Waals surface area contributed by atoms with Crippen molar-refractivity contribution in [2.75, 3.05) is 13.2 Å². The Bertz CT molecular complexity index is 623. The van der Waals surface area contributed by atoms with Crippen LogP contribution < -0.4 is 4.72 Å². The molecule has 0 radical (unpaired) electrons. The summed E-state index contributed by atoms with van der Waals surface area (Å²) in [6.45, 7) is 7.05. The third kappa shape index (κ3) is 7.00. The molecule has 128 valence electrons. The summed E-state index contributed by atoms with van der Waals surface area (Å²) >= 11 is 0. The molecule has 0 saturated heterocycles. The van der Waals surface area contributed by atoms with Crippen LogP contribution in [0.2, 0.25) is 0 Å². The zero-order valence-electron chi connectivity index (χ0n) is 13.8. The van der Waals surface area contributed by atoms with Gasteiger partial charge in [0.05, 0.1) is 18.0 Å². The summed E-state index contributed by atoms with van der Waals surface area (Å²) in [4.78, 5) is 2.87. The van der Waals surface area contributed by atoms with E-state index in [9.17, 15) is 8.42 Å². The van der Waals surface area contributed by atoms with Gasteiger partial charge in [0.2, 0.25) is 10.0 Å². The van der Waals surface area contributed by atoms with Crippen molar-refractivity contribution in [1.29, 1.82) is 0 Å². The second-order valence-electron chi connectivity index (χ2n) is 5.64. The van der Waals surface area contributed by atoms with Gasteiger partial charge in [-0.2, -0.15) is 0 Å². The van der Waals surface area contributed by atoms with Gasteiger partial charge in [-0.05, 0) is 42.5 Å². The Morgan fingerprint density at radius 3 is 2.48 bits per heavy atom. The molecule has 0 saturated carbocycles. The van der Waals surface area contributed by atoms with Gasteiger partial charge in [0.15, 0.2) is 0 Å². The number of azide groups is 1. The van der Waals surface area contributed by atoms with E-state index in [2.05, 4.69) is 14.7 Å². The summed E-state index contributed by atoms with van der Waals surface area (Å²) in [6.07, 6.45) is 0.703. The molecule has 1 atom stereocenters. The predicted octanol–water partition coefficient (Wildman–Crippen LogP) is 3.23. The Kier molecular flexibility index (Phi) is 8.05. The van der Waals surface area contributed by atoms with Crippen LogP contribution in [0.5, 0.6) is 0 Å². The van der Waals surface area contributed by atoms with Crippen molar-refractivity contribution in [2.24, 2.45) is 11.0 Å². The Morgan fingerprint density at radius 1 is 1.30 bits per heavy atom. The molecule has 1 rings (SSSR count). The quantitative estimate of drug-likeness (QED) is 0.401. The maximum Gasteiger partial charge on any atom is 0.240 e. The van der Waals surface area contributed by atoms with Crippen LogP contribution in [0.3, 0.4) is 0 Å². The van der Waals surface area contributed by atoms with Crippen LogP contribution in [-0.4, -0.2) is 27.7 Å². The minimum Gasteiger partial charge on any atom is -0.380 e. The number of hydrogen-bond donors (Lipinski definition) is 1. The van der Waals surface area contributed by atoms with Crippen LogP contribution in [0, 0.1) is 5.92 Å². The molecule has 0 fully saturated rings. The Balaban J connectivity index is 2.84. The van der Waals surface area contributed by atoms with Crippen LogP contribution in [0.1, 0.15) is 32.8 Å². The summed E-state index contributed by atoms with van der Waals surface area (Å²) in [5.74, 6) is 0.356. The summed E-state index contributed by atoms with van der Waals surface area (Å²) in [5.41, 5.74) is 9.05. The van der Waals surface area contributed by atoms with E-state index in [1.54, 1.807) is 12.1 Å². The standard InChI is InChI=1S/C15H24N4O3S/c1-4-22-11-14(9-12(2)3)18-23(20,21)15-7-5-13(6-8-15)10-17-19-16/h5-8,12,14,18H,4,9-11H2,1-3H3. The first-order valence-electron chi connectivity index (χ1n) is 7.59. The summed E-state index contributed by atoms with van der Waals surface area (Å²) < 4.78 is 33.0. The lowest BCUT2D eigenvalue weighted by Crippen LogP contribution is -2.39. The molecule has 8 heteroatoms. The van der Waals surface area contributed by atoms with Crippen molar-refractivity contribution in [2.45, 2.75) is 44.7 Å². The average molecular weight is 340 g/mol. The van der Waals surface area contributed by atoms with E-state index in [0.29, 0.717) is 25.6 Å². The first kappa shape index (κ1) is 19.4.